The van der Waals surface area contributed by atoms with Crippen LogP contribution in [0.2, 0.25) is 5.02 Å². The molecule has 19 heavy (non-hydrogen) atoms. The quantitative estimate of drug-likeness (QED) is 0.794. The van der Waals surface area contributed by atoms with Crippen LogP contribution in [0.4, 0.5) is 5.69 Å². The van der Waals surface area contributed by atoms with Crippen LogP contribution in [0.5, 0.6) is 0 Å². The number of halogens is 1. The largest absolute Gasteiger partial charge is 0.478 e. The van der Waals surface area contributed by atoms with Crippen molar-refractivity contribution < 1.29 is 15.0 Å². The van der Waals surface area contributed by atoms with Gasteiger partial charge in [0.25, 0.3) is 0 Å². The average Bonchev–Trinajstić information content (AvgIpc) is 2.38. The highest BCUT2D eigenvalue weighted by Gasteiger charge is 2.23. The summed E-state index contributed by atoms with van der Waals surface area (Å²) in [5, 5.41) is 22.5. The lowest BCUT2D eigenvalue weighted by molar-refractivity contribution is 0.0697. The van der Waals surface area contributed by atoms with Gasteiger partial charge in [0.15, 0.2) is 0 Å². The predicted octanol–water partition coefficient (Wildman–Crippen LogP) is 3.00. The molecular formula is C14H18ClNO3. The summed E-state index contributed by atoms with van der Waals surface area (Å²) < 4.78 is 0. The minimum atomic E-state index is -1.01. The first-order valence-electron chi connectivity index (χ1n) is 6.52. The number of carboxylic acids is 1. The SMILES string of the molecule is O=C(O)c1cc(Cl)ccc1NCC1CCCCC1O. The topological polar surface area (TPSA) is 69.6 Å². The fourth-order valence-electron chi connectivity index (χ4n) is 2.51. The standard InChI is InChI=1S/C14H18ClNO3/c15-10-5-6-12(11(7-10)14(18)19)16-8-9-3-1-2-4-13(9)17/h5-7,9,13,16-17H,1-4,8H2,(H,18,19). The van der Waals surface area contributed by atoms with E-state index in [-0.39, 0.29) is 17.6 Å². The van der Waals surface area contributed by atoms with E-state index in [4.69, 9.17) is 16.7 Å². The van der Waals surface area contributed by atoms with Gasteiger partial charge >= 0.3 is 5.97 Å². The van der Waals surface area contributed by atoms with Crippen molar-refractivity contribution in [1.29, 1.82) is 0 Å². The van der Waals surface area contributed by atoms with Crippen LogP contribution in [-0.4, -0.2) is 28.8 Å². The monoisotopic (exact) mass is 283 g/mol. The Bertz CT molecular complexity index is 464. The molecule has 2 rings (SSSR count). The average molecular weight is 284 g/mol. The van der Waals surface area contributed by atoms with E-state index in [1.807, 2.05) is 0 Å². The summed E-state index contributed by atoms with van der Waals surface area (Å²) in [5.74, 6) is -0.819. The van der Waals surface area contributed by atoms with Crippen molar-refractivity contribution in [1.82, 2.24) is 0 Å². The zero-order chi connectivity index (χ0) is 13.8. The van der Waals surface area contributed by atoms with Gasteiger partial charge < -0.3 is 15.5 Å². The second kappa shape index (κ2) is 6.26. The Hall–Kier alpha value is -1.26. The number of rotatable bonds is 4. The van der Waals surface area contributed by atoms with E-state index in [1.54, 1.807) is 12.1 Å². The van der Waals surface area contributed by atoms with Crippen LogP contribution in [0.25, 0.3) is 0 Å². The van der Waals surface area contributed by atoms with E-state index in [0.717, 1.165) is 25.7 Å². The molecular weight excluding hydrogens is 266 g/mol. The minimum Gasteiger partial charge on any atom is -0.478 e. The molecule has 1 fully saturated rings. The second-order valence-electron chi connectivity index (χ2n) is 4.99. The van der Waals surface area contributed by atoms with E-state index >= 15 is 0 Å². The molecule has 2 atom stereocenters. The van der Waals surface area contributed by atoms with Crippen molar-refractivity contribution in [3.05, 3.63) is 28.8 Å². The summed E-state index contributed by atoms with van der Waals surface area (Å²) in [6.45, 7) is 0.586. The van der Waals surface area contributed by atoms with Gasteiger partial charge in [-0.3, -0.25) is 0 Å². The molecule has 0 aliphatic heterocycles. The summed E-state index contributed by atoms with van der Waals surface area (Å²) in [6.07, 6.45) is 3.71. The minimum absolute atomic E-state index is 0.165. The molecule has 5 heteroatoms. The third kappa shape index (κ3) is 3.61. The van der Waals surface area contributed by atoms with Crippen molar-refractivity contribution in [2.45, 2.75) is 31.8 Å². The van der Waals surface area contributed by atoms with E-state index in [0.29, 0.717) is 17.3 Å². The normalized spacial score (nSPS) is 23.1. The highest BCUT2D eigenvalue weighted by molar-refractivity contribution is 6.31. The Kier molecular flexibility index (Phi) is 4.66. The molecule has 0 amide bonds. The van der Waals surface area contributed by atoms with Crippen molar-refractivity contribution >= 4 is 23.3 Å². The van der Waals surface area contributed by atoms with Gasteiger partial charge in [0, 0.05) is 23.2 Å². The molecule has 0 aromatic heterocycles. The van der Waals surface area contributed by atoms with Gasteiger partial charge in [-0.2, -0.15) is 0 Å². The van der Waals surface area contributed by atoms with E-state index in [9.17, 15) is 9.90 Å². The van der Waals surface area contributed by atoms with Crippen molar-refractivity contribution in [2.24, 2.45) is 5.92 Å². The lowest BCUT2D eigenvalue weighted by Gasteiger charge is -2.28. The van der Waals surface area contributed by atoms with Crippen LogP contribution in [0.3, 0.4) is 0 Å². The summed E-state index contributed by atoms with van der Waals surface area (Å²) in [6, 6.07) is 4.76. The lowest BCUT2D eigenvalue weighted by atomic mass is 9.86. The number of nitrogens with one attached hydrogen (secondary N) is 1. The summed E-state index contributed by atoms with van der Waals surface area (Å²) in [7, 11) is 0. The molecule has 1 aromatic carbocycles. The smallest absolute Gasteiger partial charge is 0.337 e. The first kappa shape index (κ1) is 14.2. The first-order chi connectivity index (χ1) is 9.08. The number of benzene rings is 1. The predicted molar refractivity (Wildman–Crippen MR) is 74.9 cm³/mol. The third-order valence-electron chi connectivity index (χ3n) is 3.64. The molecule has 1 aromatic rings. The molecule has 104 valence electrons. The van der Waals surface area contributed by atoms with Crippen LogP contribution in [0.15, 0.2) is 18.2 Å². The molecule has 0 radical (unpaired) electrons. The van der Waals surface area contributed by atoms with Crippen molar-refractivity contribution in [3.8, 4) is 0 Å². The number of aliphatic hydroxyl groups is 1. The Balaban J connectivity index is 2.04. The molecule has 3 N–H and O–H groups in total. The first-order valence-corrected chi connectivity index (χ1v) is 6.90. The Morgan fingerprint density at radius 2 is 2.11 bits per heavy atom. The highest BCUT2D eigenvalue weighted by atomic mass is 35.5. The molecule has 1 saturated carbocycles. The number of aliphatic hydroxyl groups excluding tert-OH is 1. The molecule has 1 aliphatic rings. The maximum absolute atomic E-state index is 11.1. The maximum atomic E-state index is 11.1. The van der Waals surface area contributed by atoms with Crippen LogP contribution < -0.4 is 5.32 Å². The van der Waals surface area contributed by atoms with Gasteiger partial charge in [0.1, 0.15) is 0 Å². The van der Waals surface area contributed by atoms with Crippen LogP contribution in [0, 0.1) is 5.92 Å². The lowest BCUT2D eigenvalue weighted by Crippen LogP contribution is -2.30. The van der Waals surface area contributed by atoms with E-state index in [1.165, 1.54) is 6.07 Å². The highest BCUT2D eigenvalue weighted by Crippen LogP contribution is 2.26. The number of carbonyl (C=O) groups is 1. The molecule has 0 heterocycles. The number of hydrogen-bond donors (Lipinski definition) is 3. The van der Waals surface area contributed by atoms with Gasteiger partial charge in [-0.1, -0.05) is 24.4 Å². The van der Waals surface area contributed by atoms with E-state index < -0.39 is 5.97 Å². The van der Waals surface area contributed by atoms with Crippen LogP contribution in [-0.2, 0) is 0 Å². The fourth-order valence-corrected chi connectivity index (χ4v) is 2.69. The second-order valence-corrected chi connectivity index (χ2v) is 5.42. The summed E-state index contributed by atoms with van der Waals surface area (Å²) in [4.78, 5) is 11.1. The Morgan fingerprint density at radius 1 is 1.37 bits per heavy atom. The molecule has 2 unspecified atom stereocenters. The van der Waals surface area contributed by atoms with Gasteiger partial charge in [0.2, 0.25) is 0 Å². The Labute approximate surface area is 117 Å². The molecule has 0 bridgehead atoms. The summed E-state index contributed by atoms with van der Waals surface area (Å²) >= 11 is 5.80. The fraction of sp³-hybridized carbons (Fsp3) is 0.500. The summed E-state index contributed by atoms with van der Waals surface area (Å²) in [5.41, 5.74) is 0.715. The van der Waals surface area contributed by atoms with Gasteiger partial charge in [-0.15, -0.1) is 0 Å². The van der Waals surface area contributed by atoms with Crippen LogP contribution in [0.1, 0.15) is 36.0 Å². The van der Waals surface area contributed by atoms with Gasteiger partial charge in [-0.25, -0.2) is 4.79 Å². The maximum Gasteiger partial charge on any atom is 0.337 e. The van der Waals surface area contributed by atoms with Gasteiger partial charge in [-0.05, 0) is 31.0 Å². The van der Waals surface area contributed by atoms with Crippen molar-refractivity contribution in [2.75, 3.05) is 11.9 Å². The van der Waals surface area contributed by atoms with Crippen molar-refractivity contribution in [3.63, 3.8) is 0 Å². The van der Waals surface area contributed by atoms with Crippen LogP contribution >= 0.6 is 11.6 Å². The molecule has 0 saturated heterocycles. The zero-order valence-corrected chi connectivity index (χ0v) is 11.4. The number of carboxylic acid groups (broad SMARTS) is 1. The number of aromatic carboxylic acids is 1. The number of anilines is 1. The Morgan fingerprint density at radius 3 is 2.79 bits per heavy atom. The zero-order valence-electron chi connectivity index (χ0n) is 10.6. The molecule has 4 nitrogen and oxygen atoms in total. The molecule has 1 aliphatic carbocycles. The molecule has 0 spiro atoms. The van der Waals surface area contributed by atoms with Gasteiger partial charge in [0.05, 0.1) is 11.7 Å². The van der Waals surface area contributed by atoms with E-state index in [2.05, 4.69) is 5.32 Å². The third-order valence-corrected chi connectivity index (χ3v) is 3.87. The number of hydrogen-bond acceptors (Lipinski definition) is 3.